The molecular formula is C16H27ClN2O2S. The zero-order chi connectivity index (χ0) is 15.3. The summed E-state index contributed by atoms with van der Waals surface area (Å²) in [5.74, 6) is 0.411. The van der Waals surface area contributed by atoms with Crippen LogP contribution in [-0.4, -0.2) is 21.0 Å². The lowest BCUT2D eigenvalue weighted by atomic mass is 9.84. The van der Waals surface area contributed by atoms with Crippen molar-refractivity contribution in [3.8, 4) is 0 Å². The molecule has 0 saturated heterocycles. The number of hydrogen-bond acceptors (Lipinski definition) is 3. The molecule has 22 heavy (non-hydrogen) atoms. The fourth-order valence-electron chi connectivity index (χ4n) is 3.17. The van der Waals surface area contributed by atoms with Gasteiger partial charge in [-0.1, -0.05) is 49.1 Å². The van der Waals surface area contributed by atoms with Gasteiger partial charge in [-0.05, 0) is 31.2 Å². The Bertz CT molecular complexity index is 557. The smallest absolute Gasteiger partial charge is 0.216 e. The molecule has 1 atom stereocenters. The summed E-state index contributed by atoms with van der Waals surface area (Å²) in [6.07, 6.45) is 5.77. The van der Waals surface area contributed by atoms with Gasteiger partial charge in [0, 0.05) is 12.6 Å². The first kappa shape index (κ1) is 19.4. The normalized spacial score (nSPS) is 17.7. The van der Waals surface area contributed by atoms with Gasteiger partial charge in [-0.2, -0.15) is 0 Å². The summed E-state index contributed by atoms with van der Waals surface area (Å²) in [6, 6.07) is 7.50. The minimum Gasteiger partial charge on any atom is -0.329 e. The summed E-state index contributed by atoms with van der Waals surface area (Å²) in [7, 11) is -3.34. The van der Waals surface area contributed by atoms with Crippen LogP contribution in [0.5, 0.6) is 0 Å². The van der Waals surface area contributed by atoms with E-state index in [0.717, 1.165) is 24.0 Å². The molecule has 126 valence electrons. The van der Waals surface area contributed by atoms with Gasteiger partial charge >= 0.3 is 0 Å². The second-order valence-electron chi connectivity index (χ2n) is 6.11. The standard InChI is InChI=1S/C16H26N2O2S.ClH/c1-13-6-5-7-14(10-13)12-21(19,20)18-16(11-17)15-8-3-2-4-9-15;/h5-7,10,15-16,18H,2-4,8-9,11-12,17H2,1H3;1H. The van der Waals surface area contributed by atoms with Crippen molar-refractivity contribution in [1.82, 2.24) is 4.72 Å². The van der Waals surface area contributed by atoms with Crippen LogP contribution in [0, 0.1) is 12.8 Å². The van der Waals surface area contributed by atoms with Crippen LogP contribution in [0.25, 0.3) is 0 Å². The number of benzene rings is 1. The summed E-state index contributed by atoms with van der Waals surface area (Å²) >= 11 is 0. The minimum absolute atomic E-state index is 0. The first-order valence-electron chi connectivity index (χ1n) is 7.76. The van der Waals surface area contributed by atoms with Crippen LogP contribution in [0.4, 0.5) is 0 Å². The molecule has 1 unspecified atom stereocenters. The van der Waals surface area contributed by atoms with Crippen LogP contribution in [0.2, 0.25) is 0 Å². The zero-order valence-electron chi connectivity index (χ0n) is 13.1. The van der Waals surface area contributed by atoms with Crippen LogP contribution < -0.4 is 10.5 Å². The van der Waals surface area contributed by atoms with Crippen molar-refractivity contribution in [3.63, 3.8) is 0 Å². The zero-order valence-corrected chi connectivity index (χ0v) is 14.8. The minimum atomic E-state index is -3.34. The number of sulfonamides is 1. The van der Waals surface area contributed by atoms with E-state index < -0.39 is 10.0 Å². The highest BCUT2D eigenvalue weighted by atomic mass is 35.5. The Kier molecular flexibility index (Phi) is 7.83. The lowest BCUT2D eigenvalue weighted by Crippen LogP contribution is -2.46. The summed E-state index contributed by atoms with van der Waals surface area (Å²) in [5.41, 5.74) is 7.70. The largest absolute Gasteiger partial charge is 0.329 e. The molecule has 0 bridgehead atoms. The van der Waals surface area contributed by atoms with Crippen molar-refractivity contribution < 1.29 is 8.42 Å². The van der Waals surface area contributed by atoms with Gasteiger partial charge in [-0.25, -0.2) is 13.1 Å². The van der Waals surface area contributed by atoms with Crippen molar-refractivity contribution in [1.29, 1.82) is 0 Å². The highest BCUT2D eigenvalue weighted by Gasteiger charge is 2.26. The molecule has 4 nitrogen and oxygen atoms in total. The van der Waals surface area contributed by atoms with E-state index in [2.05, 4.69) is 4.72 Å². The van der Waals surface area contributed by atoms with Gasteiger partial charge < -0.3 is 5.73 Å². The molecular weight excluding hydrogens is 320 g/mol. The van der Waals surface area contributed by atoms with Gasteiger partial charge in [-0.3, -0.25) is 0 Å². The Morgan fingerprint density at radius 1 is 1.27 bits per heavy atom. The fourth-order valence-corrected chi connectivity index (χ4v) is 4.62. The average molecular weight is 347 g/mol. The Hall–Kier alpha value is -0.620. The van der Waals surface area contributed by atoms with Gasteiger partial charge in [0.2, 0.25) is 10.0 Å². The lowest BCUT2D eigenvalue weighted by molar-refractivity contribution is 0.294. The first-order chi connectivity index (χ1) is 10.00. The van der Waals surface area contributed by atoms with E-state index >= 15 is 0 Å². The predicted octanol–water partition coefficient (Wildman–Crippen LogP) is 2.74. The maximum atomic E-state index is 12.4. The molecule has 0 amide bonds. The number of aryl methyl sites for hydroxylation is 1. The highest BCUT2D eigenvalue weighted by Crippen LogP contribution is 2.26. The molecule has 3 N–H and O–H groups in total. The van der Waals surface area contributed by atoms with Crippen molar-refractivity contribution >= 4 is 22.4 Å². The van der Waals surface area contributed by atoms with Crippen LogP contribution in [0.15, 0.2) is 24.3 Å². The molecule has 1 aromatic carbocycles. The van der Waals surface area contributed by atoms with Gasteiger partial charge in [0.15, 0.2) is 0 Å². The quantitative estimate of drug-likeness (QED) is 0.831. The van der Waals surface area contributed by atoms with Crippen molar-refractivity contribution in [2.45, 2.75) is 50.8 Å². The highest BCUT2D eigenvalue weighted by molar-refractivity contribution is 7.88. The SMILES string of the molecule is Cc1cccc(CS(=O)(=O)NC(CN)C2CCCCC2)c1.Cl. The second kappa shape index (κ2) is 8.87. The summed E-state index contributed by atoms with van der Waals surface area (Å²) in [6.45, 7) is 2.34. The molecule has 1 fully saturated rings. The maximum Gasteiger partial charge on any atom is 0.216 e. The second-order valence-corrected chi connectivity index (χ2v) is 7.86. The van der Waals surface area contributed by atoms with Crippen molar-refractivity contribution in [2.24, 2.45) is 11.7 Å². The molecule has 1 aromatic rings. The van der Waals surface area contributed by atoms with Crippen LogP contribution >= 0.6 is 12.4 Å². The Morgan fingerprint density at radius 2 is 1.95 bits per heavy atom. The van der Waals surface area contributed by atoms with Gasteiger partial charge in [0.25, 0.3) is 0 Å². The third kappa shape index (κ3) is 5.88. The van der Waals surface area contributed by atoms with Gasteiger partial charge in [-0.15, -0.1) is 12.4 Å². The molecule has 0 aromatic heterocycles. The first-order valence-corrected chi connectivity index (χ1v) is 9.41. The number of nitrogens with one attached hydrogen (secondary N) is 1. The molecule has 0 radical (unpaired) electrons. The summed E-state index contributed by atoms with van der Waals surface area (Å²) in [5, 5.41) is 0. The number of halogens is 1. The van der Waals surface area contributed by atoms with Crippen molar-refractivity contribution in [2.75, 3.05) is 6.54 Å². The van der Waals surface area contributed by atoms with E-state index in [9.17, 15) is 8.42 Å². The number of hydrogen-bond donors (Lipinski definition) is 2. The van der Waals surface area contributed by atoms with E-state index in [1.54, 1.807) is 0 Å². The molecule has 0 heterocycles. The Balaban J connectivity index is 0.00000242. The predicted molar refractivity (Wildman–Crippen MR) is 93.6 cm³/mol. The van der Waals surface area contributed by atoms with Gasteiger partial charge in [0.1, 0.15) is 0 Å². The molecule has 1 aliphatic carbocycles. The molecule has 1 saturated carbocycles. The molecule has 0 aliphatic heterocycles. The van der Waals surface area contributed by atoms with E-state index in [1.165, 1.54) is 19.3 Å². The maximum absolute atomic E-state index is 12.4. The topological polar surface area (TPSA) is 72.2 Å². The monoisotopic (exact) mass is 346 g/mol. The Labute approximate surface area is 140 Å². The van der Waals surface area contributed by atoms with Crippen LogP contribution in [-0.2, 0) is 15.8 Å². The van der Waals surface area contributed by atoms with E-state index in [1.807, 2.05) is 31.2 Å². The third-order valence-corrected chi connectivity index (χ3v) is 5.62. The Morgan fingerprint density at radius 3 is 2.55 bits per heavy atom. The van der Waals surface area contributed by atoms with E-state index in [4.69, 9.17) is 5.73 Å². The fraction of sp³-hybridized carbons (Fsp3) is 0.625. The number of nitrogens with two attached hydrogens (primary N) is 1. The molecule has 1 aliphatic rings. The molecule has 2 rings (SSSR count). The summed E-state index contributed by atoms with van der Waals surface area (Å²) < 4.78 is 27.5. The summed E-state index contributed by atoms with van der Waals surface area (Å²) in [4.78, 5) is 0. The van der Waals surface area contributed by atoms with Crippen molar-refractivity contribution in [3.05, 3.63) is 35.4 Å². The number of rotatable bonds is 6. The van der Waals surface area contributed by atoms with Gasteiger partial charge in [0.05, 0.1) is 5.75 Å². The molecule has 0 spiro atoms. The third-order valence-electron chi connectivity index (χ3n) is 4.24. The van der Waals surface area contributed by atoms with E-state index in [0.29, 0.717) is 12.5 Å². The van der Waals surface area contributed by atoms with E-state index in [-0.39, 0.29) is 24.2 Å². The van der Waals surface area contributed by atoms with Crippen LogP contribution in [0.3, 0.4) is 0 Å². The molecule has 6 heteroatoms. The average Bonchev–Trinajstić information content (AvgIpc) is 2.45. The van der Waals surface area contributed by atoms with Crippen LogP contribution in [0.1, 0.15) is 43.2 Å². The lowest BCUT2D eigenvalue weighted by Gasteiger charge is -2.29.